The second-order valence-corrected chi connectivity index (χ2v) is 19.4. The fourth-order valence-electron chi connectivity index (χ4n) is 10.6. The number of hydrogen-bond acceptors (Lipinski definition) is 9. The Morgan fingerprint density at radius 2 is 1.50 bits per heavy atom. The molecule has 5 heterocycles. The fourth-order valence-corrected chi connectivity index (χ4v) is 11.8. The number of thiophene rings is 1. The largest absolute Gasteiger partial charge is 0.478 e. The molecule has 0 spiro atoms. The molecule has 1 aliphatic carbocycles. The Labute approximate surface area is 376 Å². The molecule has 6 aromatic rings. The lowest BCUT2D eigenvalue weighted by Crippen LogP contribution is -2.55. The van der Waals surface area contributed by atoms with Gasteiger partial charge in [0.15, 0.2) is 5.82 Å². The van der Waals surface area contributed by atoms with Crippen molar-refractivity contribution in [3.8, 4) is 5.00 Å². The van der Waals surface area contributed by atoms with Crippen LogP contribution in [0.2, 0.25) is 0 Å². The summed E-state index contributed by atoms with van der Waals surface area (Å²) >= 11 is 1.77. The van der Waals surface area contributed by atoms with E-state index in [1.54, 1.807) is 29.5 Å². The standard InChI is InChI=1S/C51H53F2N7O3S/c1-30-32(3)64-49-45(30)47(54-31(2)48-56-55-33(4)60(48)49)35-7-14-39(15-8-35)58-21-19-51(63,20-22-58)29-57-23-25-59(26-24-57)40-12-5-34(6-13-40)46-41-16-10-37(50(61)62)27-36(41)9-17-43(46)42-18-11-38(52)28-44(42)53/h5-8,10-16,18,27-28,31,43,46,63H,9,17,19-26,29H2,1-4H3,(H,61,62)/t31-,43+,46+/m0/s1. The molecule has 10 rings (SSSR count). The number of anilines is 2. The highest BCUT2D eigenvalue weighted by Crippen LogP contribution is 2.48. The number of nitrogens with zero attached hydrogens (tertiary/aromatic N) is 7. The van der Waals surface area contributed by atoms with Gasteiger partial charge in [0.1, 0.15) is 28.5 Å². The summed E-state index contributed by atoms with van der Waals surface area (Å²) < 4.78 is 31.4. The molecule has 3 atom stereocenters. The third kappa shape index (κ3) is 7.71. The zero-order chi connectivity index (χ0) is 44.4. The lowest BCUT2D eigenvalue weighted by molar-refractivity contribution is -0.0173. The van der Waals surface area contributed by atoms with E-state index in [-0.39, 0.29) is 23.4 Å². The average Bonchev–Trinajstić information content (AvgIpc) is 3.78. The molecular weight excluding hydrogens is 829 g/mol. The molecule has 2 N–H and O–H groups in total. The number of aryl methyl sites for hydroxylation is 3. The Balaban J connectivity index is 0.770. The molecule has 0 amide bonds. The first kappa shape index (κ1) is 42.2. The van der Waals surface area contributed by atoms with Crippen LogP contribution in [0.4, 0.5) is 20.2 Å². The summed E-state index contributed by atoms with van der Waals surface area (Å²) in [5.41, 5.74) is 9.62. The normalized spacial score (nSPS) is 20.9. The van der Waals surface area contributed by atoms with Crippen molar-refractivity contribution < 1.29 is 23.8 Å². The molecule has 2 aromatic heterocycles. The number of carboxylic acid groups (broad SMARTS) is 1. The minimum atomic E-state index is -0.976. The minimum Gasteiger partial charge on any atom is -0.478 e. The molecule has 330 valence electrons. The Hall–Kier alpha value is -5.76. The van der Waals surface area contributed by atoms with Crippen molar-refractivity contribution in [2.45, 2.75) is 76.9 Å². The van der Waals surface area contributed by atoms with E-state index in [4.69, 9.17) is 4.99 Å². The molecule has 4 aromatic carbocycles. The minimum absolute atomic E-state index is 0.131. The van der Waals surface area contributed by atoms with Gasteiger partial charge in [-0.1, -0.05) is 36.4 Å². The van der Waals surface area contributed by atoms with E-state index in [9.17, 15) is 19.4 Å². The van der Waals surface area contributed by atoms with Gasteiger partial charge >= 0.3 is 5.97 Å². The van der Waals surface area contributed by atoms with Gasteiger partial charge < -0.3 is 20.0 Å². The first-order valence-electron chi connectivity index (χ1n) is 22.4. The van der Waals surface area contributed by atoms with E-state index in [0.29, 0.717) is 37.8 Å². The maximum absolute atomic E-state index is 15.3. The highest BCUT2D eigenvalue weighted by molar-refractivity contribution is 7.15. The van der Waals surface area contributed by atoms with Crippen molar-refractivity contribution in [3.63, 3.8) is 0 Å². The molecular formula is C51H53F2N7O3S. The van der Waals surface area contributed by atoms with Gasteiger partial charge in [-0.2, -0.15) is 0 Å². The van der Waals surface area contributed by atoms with Crippen LogP contribution >= 0.6 is 11.3 Å². The summed E-state index contributed by atoms with van der Waals surface area (Å²) in [6.45, 7) is 14.0. The summed E-state index contributed by atoms with van der Waals surface area (Å²) in [6, 6.07) is 26.1. The molecule has 4 aliphatic rings. The first-order chi connectivity index (χ1) is 30.8. The summed E-state index contributed by atoms with van der Waals surface area (Å²) in [5.74, 6) is -0.851. The van der Waals surface area contributed by atoms with Crippen LogP contribution in [0.3, 0.4) is 0 Å². The number of halogens is 2. The number of hydrogen-bond donors (Lipinski definition) is 2. The van der Waals surface area contributed by atoms with Gasteiger partial charge in [0.25, 0.3) is 0 Å². The van der Waals surface area contributed by atoms with E-state index in [0.717, 1.165) is 107 Å². The lowest BCUT2D eigenvalue weighted by Gasteiger charge is -2.44. The van der Waals surface area contributed by atoms with Crippen molar-refractivity contribution in [3.05, 3.63) is 158 Å². The van der Waals surface area contributed by atoms with Gasteiger partial charge in [0.2, 0.25) is 0 Å². The second kappa shape index (κ2) is 16.7. The maximum atomic E-state index is 15.3. The number of β-amino-alcohol motifs (C(OH)–C–C–N with tert-alkyl or cyclic N) is 1. The van der Waals surface area contributed by atoms with Gasteiger partial charge in [-0.05, 0) is 130 Å². The molecule has 2 fully saturated rings. The molecule has 0 unspecified atom stereocenters. The molecule has 10 nitrogen and oxygen atoms in total. The van der Waals surface area contributed by atoms with Crippen molar-refractivity contribution >= 4 is 34.4 Å². The third-order valence-electron chi connectivity index (χ3n) is 14.3. The Morgan fingerprint density at radius 1 is 0.828 bits per heavy atom. The van der Waals surface area contributed by atoms with E-state index in [2.05, 4.69) is 98.8 Å². The number of aliphatic hydroxyl groups is 1. The quantitative estimate of drug-likeness (QED) is 0.156. The van der Waals surface area contributed by atoms with Gasteiger partial charge in [-0.25, -0.2) is 13.6 Å². The van der Waals surface area contributed by atoms with Crippen molar-refractivity contribution in [1.29, 1.82) is 0 Å². The van der Waals surface area contributed by atoms with E-state index in [1.165, 1.54) is 16.5 Å². The van der Waals surface area contributed by atoms with Crippen LogP contribution in [0.5, 0.6) is 0 Å². The summed E-state index contributed by atoms with van der Waals surface area (Å²) in [4.78, 5) is 25.4. The fraction of sp³-hybridized carbons (Fsp3) is 0.373. The number of benzene rings is 4. The Kier molecular flexibility index (Phi) is 11.0. The molecule has 0 saturated carbocycles. The number of aromatic carboxylic acids is 1. The molecule has 0 bridgehead atoms. The van der Waals surface area contributed by atoms with E-state index < -0.39 is 23.2 Å². The van der Waals surface area contributed by atoms with Crippen molar-refractivity contribution in [2.75, 3.05) is 55.6 Å². The number of fused-ring (bicyclic) bond motifs is 4. The lowest BCUT2D eigenvalue weighted by atomic mass is 9.69. The third-order valence-corrected chi connectivity index (χ3v) is 15.5. The van der Waals surface area contributed by atoms with Gasteiger partial charge in [0.05, 0.1) is 16.9 Å². The zero-order valence-corrected chi connectivity index (χ0v) is 37.5. The molecule has 3 aliphatic heterocycles. The Bertz CT molecular complexity index is 2770. The predicted octanol–water partition coefficient (Wildman–Crippen LogP) is 9.16. The molecule has 0 radical (unpaired) electrons. The number of aliphatic imine (C=N–C) groups is 1. The van der Waals surface area contributed by atoms with Gasteiger partial charge in [-0.3, -0.25) is 14.5 Å². The number of aromatic nitrogens is 3. The van der Waals surface area contributed by atoms with Crippen LogP contribution in [0.1, 0.15) is 110 Å². The second-order valence-electron chi connectivity index (χ2n) is 18.2. The van der Waals surface area contributed by atoms with Crippen LogP contribution in [0.15, 0.2) is 89.9 Å². The number of piperidine rings is 1. The van der Waals surface area contributed by atoms with Crippen LogP contribution in [0.25, 0.3) is 5.00 Å². The van der Waals surface area contributed by atoms with E-state index in [1.807, 2.05) is 13.0 Å². The Morgan fingerprint density at radius 3 is 2.19 bits per heavy atom. The number of piperazine rings is 1. The molecule has 13 heteroatoms. The van der Waals surface area contributed by atoms with Crippen LogP contribution < -0.4 is 9.80 Å². The number of carbonyl (C=O) groups is 1. The summed E-state index contributed by atoms with van der Waals surface area (Å²) in [7, 11) is 0. The van der Waals surface area contributed by atoms with Crippen molar-refractivity contribution in [2.24, 2.45) is 4.99 Å². The van der Waals surface area contributed by atoms with E-state index >= 15 is 4.39 Å². The highest BCUT2D eigenvalue weighted by atomic mass is 32.1. The maximum Gasteiger partial charge on any atom is 0.335 e. The van der Waals surface area contributed by atoms with Crippen LogP contribution in [-0.2, 0) is 6.42 Å². The number of carboxylic acids is 1. The molecule has 64 heavy (non-hydrogen) atoms. The average molecular weight is 882 g/mol. The van der Waals surface area contributed by atoms with Crippen molar-refractivity contribution in [1.82, 2.24) is 19.7 Å². The number of rotatable bonds is 8. The monoisotopic (exact) mass is 881 g/mol. The van der Waals surface area contributed by atoms with Crippen LogP contribution in [0, 0.1) is 32.4 Å². The van der Waals surface area contributed by atoms with Gasteiger partial charge in [-0.15, -0.1) is 21.5 Å². The van der Waals surface area contributed by atoms with Gasteiger partial charge in [0, 0.05) is 85.2 Å². The SMILES string of the molecule is Cc1sc2c(c1C)C(c1ccc(N3CCC(O)(CN4CCN(c5ccc([C@@H]6c7ccc(C(=O)O)cc7CC[C@@H]6c6ccc(F)cc6F)cc5)CC4)CC3)cc1)=N[C@@H](C)c1nnc(C)n1-2. The highest BCUT2D eigenvalue weighted by Gasteiger charge is 2.37. The zero-order valence-electron chi connectivity index (χ0n) is 36.7. The summed E-state index contributed by atoms with van der Waals surface area (Å²) in [5, 5.41) is 31.5. The smallest absolute Gasteiger partial charge is 0.335 e. The predicted molar refractivity (Wildman–Crippen MR) is 248 cm³/mol. The van der Waals surface area contributed by atoms with Crippen LogP contribution in [-0.4, -0.2) is 93.0 Å². The summed E-state index contributed by atoms with van der Waals surface area (Å²) in [6.07, 6.45) is 2.62. The topological polar surface area (TPSA) is 110 Å². The first-order valence-corrected chi connectivity index (χ1v) is 23.2. The molecule has 2 saturated heterocycles.